The quantitative estimate of drug-likeness (QED) is 0.650. The maximum absolute atomic E-state index is 3.70. The van der Waals surface area contributed by atoms with Crippen molar-refractivity contribution in [3.8, 4) is 0 Å². The maximum atomic E-state index is 3.70. The van der Waals surface area contributed by atoms with Crippen molar-refractivity contribution in [3.05, 3.63) is 47.4 Å². The Bertz CT molecular complexity index is 191. The van der Waals surface area contributed by atoms with E-state index in [1.165, 1.54) is 10.9 Å². The van der Waals surface area contributed by atoms with Gasteiger partial charge in [0.05, 0.1) is 0 Å². The molecule has 0 aliphatic rings. The van der Waals surface area contributed by atoms with Crippen LogP contribution in [0.3, 0.4) is 0 Å². The summed E-state index contributed by atoms with van der Waals surface area (Å²) in [7, 11) is 0. The first kappa shape index (κ1) is 7.58. The molecule has 0 unspecified atom stereocenters. The van der Waals surface area contributed by atoms with Gasteiger partial charge in [-0.05, 0) is 0 Å². The first-order valence-corrected chi connectivity index (χ1v) is 5.40. The van der Waals surface area contributed by atoms with Gasteiger partial charge in [0, 0.05) is 0 Å². The summed E-state index contributed by atoms with van der Waals surface area (Å²) >= 11 is 0.585. The van der Waals surface area contributed by atoms with E-state index in [4.69, 9.17) is 0 Å². The first-order chi connectivity index (χ1) is 4.93. The second kappa shape index (κ2) is 4.32. The molecule has 0 nitrogen and oxygen atoms in total. The van der Waals surface area contributed by atoms with Crippen LogP contribution in [0.25, 0.3) is 0 Å². The van der Waals surface area contributed by atoms with Gasteiger partial charge in [0.1, 0.15) is 0 Å². The fourth-order valence-electron chi connectivity index (χ4n) is 0.729. The Morgan fingerprint density at radius 3 is 2.60 bits per heavy atom. The van der Waals surface area contributed by atoms with Crippen molar-refractivity contribution in [2.24, 2.45) is 0 Å². The van der Waals surface area contributed by atoms with Crippen molar-refractivity contribution < 1.29 is 0 Å². The molecule has 0 atom stereocenters. The molecule has 1 aromatic rings. The average molecular weight is 197 g/mol. The van der Waals surface area contributed by atoms with Crippen molar-refractivity contribution in [2.75, 3.05) is 0 Å². The summed E-state index contributed by atoms with van der Waals surface area (Å²) in [4.78, 5) is 2.01. The van der Waals surface area contributed by atoms with Crippen LogP contribution in [0.4, 0.5) is 0 Å². The van der Waals surface area contributed by atoms with E-state index < -0.39 is 0 Å². The van der Waals surface area contributed by atoms with Crippen molar-refractivity contribution in [3.63, 3.8) is 0 Å². The predicted molar refractivity (Wildman–Crippen MR) is 46.1 cm³/mol. The van der Waals surface area contributed by atoms with Crippen LogP contribution in [0.1, 0.15) is 5.56 Å². The van der Waals surface area contributed by atoms with Gasteiger partial charge in [-0.15, -0.1) is 0 Å². The zero-order valence-electron chi connectivity index (χ0n) is 5.79. The van der Waals surface area contributed by atoms with E-state index >= 15 is 0 Å². The predicted octanol–water partition coefficient (Wildman–Crippen LogP) is 2.03. The normalized spacial score (nSPS) is 9.20. The Morgan fingerprint density at radius 1 is 1.30 bits per heavy atom. The van der Waals surface area contributed by atoms with Crippen molar-refractivity contribution >= 4 is 15.0 Å². The van der Waals surface area contributed by atoms with Crippen LogP contribution in [-0.2, 0) is 5.32 Å². The third kappa shape index (κ3) is 2.38. The molecular weight excluding hydrogens is 187 g/mol. The fourth-order valence-corrected chi connectivity index (χ4v) is 1.78. The third-order valence-electron chi connectivity index (χ3n) is 1.21. The zero-order valence-corrected chi connectivity index (χ0v) is 7.50. The van der Waals surface area contributed by atoms with Gasteiger partial charge in [0.25, 0.3) is 0 Å². The van der Waals surface area contributed by atoms with Crippen LogP contribution in [0.15, 0.2) is 41.9 Å². The van der Waals surface area contributed by atoms with Gasteiger partial charge in [-0.25, -0.2) is 0 Å². The Kier molecular flexibility index (Phi) is 3.28. The molecule has 0 heterocycles. The first-order valence-electron chi connectivity index (χ1n) is 3.20. The van der Waals surface area contributed by atoms with Crippen LogP contribution in [-0.4, -0.2) is 15.0 Å². The monoisotopic (exact) mass is 198 g/mol. The van der Waals surface area contributed by atoms with Gasteiger partial charge in [-0.2, -0.15) is 0 Å². The van der Waals surface area contributed by atoms with Crippen molar-refractivity contribution in [2.45, 2.75) is 5.32 Å². The number of hydrogen-bond acceptors (Lipinski definition) is 0. The molecule has 0 amide bonds. The molecule has 52 valence electrons. The summed E-state index contributed by atoms with van der Waals surface area (Å²) in [5.74, 6) is 0. The number of benzene rings is 1. The van der Waals surface area contributed by atoms with E-state index in [9.17, 15) is 0 Å². The molecule has 0 radical (unpaired) electrons. The number of rotatable bonds is 3. The minimum absolute atomic E-state index is 0.585. The third-order valence-corrected chi connectivity index (χ3v) is 2.75. The van der Waals surface area contributed by atoms with Crippen LogP contribution in [0.5, 0.6) is 0 Å². The van der Waals surface area contributed by atoms with Crippen LogP contribution >= 0.6 is 0 Å². The Morgan fingerprint density at radius 2 is 2.00 bits per heavy atom. The van der Waals surface area contributed by atoms with E-state index in [1.807, 2.05) is 11.0 Å². The summed E-state index contributed by atoms with van der Waals surface area (Å²) in [6, 6.07) is 10.5. The second-order valence-electron chi connectivity index (χ2n) is 1.96. The standard InChI is InChI=1S/C9H10Se/c1-2-10-8-9-6-4-3-5-7-9/h2-7H,1,8H2. The van der Waals surface area contributed by atoms with Gasteiger partial charge in [-0.3, -0.25) is 0 Å². The van der Waals surface area contributed by atoms with Gasteiger partial charge in [0.2, 0.25) is 0 Å². The van der Waals surface area contributed by atoms with Gasteiger partial charge in [-0.1, -0.05) is 0 Å². The molecule has 0 aliphatic carbocycles. The molecule has 0 aliphatic heterocycles. The molecule has 1 heteroatoms. The SMILES string of the molecule is C=C[Se]Cc1ccccc1. The van der Waals surface area contributed by atoms with E-state index in [1.54, 1.807) is 0 Å². The van der Waals surface area contributed by atoms with Crippen LogP contribution in [0.2, 0.25) is 0 Å². The molecular formula is C9H10Se. The fraction of sp³-hybridized carbons (Fsp3) is 0.111. The minimum atomic E-state index is 0.585. The summed E-state index contributed by atoms with van der Waals surface area (Å²) in [5.41, 5.74) is 1.42. The topological polar surface area (TPSA) is 0 Å². The van der Waals surface area contributed by atoms with E-state index in [2.05, 4.69) is 30.8 Å². The van der Waals surface area contributed by atoms with Crippen molar-refractivity contribution in [1.82, 2.24) is 0 Å². The van der Waals surface area contributed by atoms with Gasteiger partial charge < -0.3 is 0 Å². The molecule has 0 N–H and O–H groups in total. The Balaban J connectivity index is 2.50. The average Bonchev–Trinajstić information content (AvgIpc) is 2.03. The van der Waals surface area contributed by atoms with E-state index in [-0.39, 0.29) is 0 Å². The Hall–Kier alpha value is -0.521. The van der Waals surface area contributed by atoms with Crippen LogP contribution < -0.4 is 0 Å². The molecule has 0 aromatic heterocycles. The van der Waals surface area contributed by atoms with Crippen LogP contribution in [0, 0.1) is 0 Å². The molecule has 0 bridgehead atoms. The van der Waals surface area contributed by atoms with Crippen molar-refractivity contribution in [1.29, 1.82) is 0 Å². The second-order valence-corrected chi connectivity index (χ2v) is 3.97. The molecule has 0 fully saturated rings. The molecule has 1 rings (SSSR count). The summed E-state index contributed by atoms with van der Waals surface area (Å²) in [6.07, 6.45) is 0. The zero-order chi connectivity index (χ0) is 7.23. The molecule has 10 heavy (non-hydrogen) atoms. The van der Waals surface area contributed by atoms with Gasteiger partial charge in [0.15, 0.2) is 0 Å². The molecule has 1 aromatic carbocycles. The van der Waals surface area contributed by atoms with E-state index in [0.717, 1.165) is 0 Å². The number of hydrogen-bond donors (Lipinski definition) is 0. The van der Waals surface area contributed by atoms with Gasteiger partial charge >= 0.3 is 67.7 Å². The Labute approximate surface area is 68.1 Å². The summed E-state index contributed by atoms with van der Waals surface area (Å²) in [6.45, 7) is 3.70. The summed E-state index contributed by atoms with van der Waals surface area (Å²) in [5, 5.41) is 1.18. The molecule has 0 saturated heterocycles. The van der Waals surface area contributed by atoms with E-state index in [0.29, 0.717) is 15.0 Å². The molecule has 0 spiro atoms. The molecule has 0 saturated carbocycles. The summed E-state index contributed by atoms with van der Waals surface area (Å²) < 4.78 is 0.